The summed E-state index contributed by atoms with van der Waals surface area (Å²) in [6.07, 6.45) is 8.63. The first-order valence-electron chi connectivity index (χ1n) is 7.85. The number of amides is 1. The normalized spacial score (nSPS) is 13.6. The molecule has 4 aromatic rings. The van der Waals surface area contributed by atoms with Crippen LogP contribution in [0.5, 0.6) is 0 Å². The molecule has 0 aliphatic carbocycles. The molecule has 8 nitrogen and oxygen atoms in total. The summed E-state index contributed by atoms with van der Waals surface area (Å²) >= 11 is 0. The summed E-state index contributed by atoms with van der Waals surface area (Å²) in [4.78, 5) is 23.2. The number of nitrogens with zero attached hydrogens (tertiary/aromatic N) is 7. The van der Waals surface area contributed by atoms with Gasteiger partial charge >= 0.3 is 0 Å². The van der Waals surface area contributed by atoms with Crippen LogP contribution in [-0.4, -0.2) is 40.2 Å². The van der Waals surface area contributed by atoms with E-state index in [-0.39, 0.29) is 5.91 Å². The van der Waals surface area contributed by atoms with E-state index in [0.29, 0.717) is 24.6 Å². The van der Waals surface area contributed by atoms with Gasteiger partial charge in [-0.3, -0.25) is 9.20 Å². The van der Waals surface area contributed by atoms with Crippen LogP contribution in [0.25, 0.3) is 11.5 Å². The van der Waals surface area contributed by atoms with Crippen molar-refractivity contribution in [3.05, 3.63) is 72.1 Å². The van der Waals surface area contributed by atoms with Gasteiger partial charge in [0.05, 0.1) is 12.4 Å². The fraction of sp³-hybridized carbons (Fsp3) is 0.118. The van der Waals surface area contributed by atoms with E-state index >= 15 is 0 Å². The van der Waals surface area contributed by atoms with Gasteiger partial charge in [-0.1, -0.05) is 17.3 Å². The first kappa shape index (κ1) is 13.8. The van der Waals surface area contributed by atoms with Crippen LogP contribution in [0.1, 0.15) is 21.6 Å². The molecule has 1 aliphatic rings. The van der Waals surface area contributed by atoms with E-state index in [2.05, 4.69) is 20.3 Å². The first-order chi connectivity index (χ1) is 12.3. The number of carbonyl (C=O) groups excluding carboxylic acids is 1. The molecule has 0 unspecified atom stereocenters. The van der Waals surface area contributed by atoms with E-state index in [4.69, 9.17) is 0 Å². The van der Waals surface area contributed by atoms with Crippen LogP contribution in [0.4, 0.5) is 0 Å². The van der Waals surface area contributed by atoms with Gasteiger partial charge < -0.3 is 4.90 Å². The highest BCUT2D eigenvalue weighted by Crippen LogP contribution is 2.25. The molecule has 1 aliphatic heterocycles. The van der Waals surface area contributed by atoms with Crippen molar-refractivity contribution in [1.29, 1.82) is 0 Å². The highest BCUT2D eigenvalue weighted by atomic mass is 16.2. The number of rotatable bonds is 3. The predicted octanol–water partition coefficient (Wildman–Crippen LogP) is 1.47. The van der Waals surface area contributed by atoms with Gasteiger partial charge in [-0.15, -0.1) is 5.10 Å². The van der Waals surface area contributed by atoms with Gasteiger partial charge in [0.25, 0.3) is 5.91 Å². The van der Waals surface area contributed by atoms with E-state index in [1.165, 1.54) is 0 Å². The van der Waals surface area contributed by atoms with Gasteiger partial charge in [-0.2, -0.15) is 0 Å². The number of carbonyl (C=O) groups is 1. The predicted molar refractivity (Wildman–Crippen MR) is 87.9 cm³/mol. The standard InChI is InChI=1S/C17H13N7O/c25-17-16-13(2-4-14-18-5-7-23(14)16)11-22(17)10-12-1-3-15(19-9-12)24-8-6-20-21-24/h1-9H,10-11H2. The van der Waals surface area contributed by atoms with Gasteiger partial charge in [0, 0.05) is 37.2 Å². The Morgan fingerprint density at radius 2 is 2.00 bits per heavy atom. The Balaban J connectivity index is 1.41. The van der Waals surface area contributed by atoms with Gasteiger partial charge in [0.1, 0.15) is 11.3 Å². The molecule has 25 heavy (non-hydrogen) atoms. The number of pyridine rings is 2. The average Bonchev–Trinajstić information content (AvgIpc) is 3.36. The zero-order chi connectivity index (χ0) is 16.8. The van der Waals surface area contributed by atoms with Crippen LogP contribution in [0.3, 0.4) is 0 Å². The lowest BCUT2D eigenvalue weighted by atomic mass is 10.2. The molecule has 4 aromatic heterocycles. The average molecular weight is 331 g/mol. The van der Waals surface area contributed by atoms with Crippen LogP contribution < -0.4 is 0 Å². The summed E-state index contributed by atoms with van der Waals surface area (Å²) in [7, 11) is 0. The summed E-state index contributed by atoms with van der Waals surface area (Å²) in [5.41, 5.74) is 3.46. The maximum Gasteiger partial charge on any atom is 0.271 e. The van der Waals surface area contributed by atoms with Gasteiger partial charge in [-0.05, 0) is 17.7 Å². The van der Waals surface area contributed by atoms with Crippen molar-refractivity contribution >= 4 is 11.6 Å². The van der Waals surface area contributed by atoms with Gasteiger partial charge in [0.15, 0.2) is 5.82 Å². The topological polar surface area (TPSA) is 81.2 Å². The molecule has 0 atom stereocenters. The molecule has 0 fully saturated rings. The third-order valence-electron chi connectivity index (χ3n) is 4.34. The minimum atomic E-state index is 0.0129. The molecule has 0 aromatic carbocycles. The molecular weight excluding hydrogens is 318 g/mol. The maximum atomic E-state index is 12.8. The lowest BCUT2D eigenvalue weighted by Crippen LogP contribution is -2.24. The summed E-state index contributed by atoms with van der Waals surface area (Å²) in [5.74, 6) is 0.705. The fourth-order valence-corrected chi connectivity index (χ4v) is 3.16. The van der Waals surface area contributed by atoms with E-state index in [0.717, 1.165) is 16.8 Å². The molecule has 0 saturated heterocycles. The second-order valence-corrected chi connectivity index (χ2v) is 5.90. The van der Waals surface area contributed by atoms with Crippen molar-refractivity contribution in [2.24, 2.45) is 0 Å². The van der Waals surface area contributed by atoms with Crippen molar-refractivity contribution in [3.8, 4) is 5.82 Å². The third kappa shape index (κ3) is 2.18. The monoisotopic (exact) mass is 331 g/mol. The fourth-order valence-electron chi connectivity index (χ4n) is 3.16. The molecule has 8 heteroatoms. The SMILES string of the molecule is O=C1c2c(ccc3nccn23)CN1Cc1ccc(-n2ccnn2)nc1. The van der Waals surface area contributed by atoms with Crippen LogP contribution in [-0.2, 0) is 13.1 Å². The second kappa shape index (κ2) is 5.23. The van der Waals surface area contributed by atoms with E-state index in [9.17, 15) is 4.79 Å². The minimum absolute atomic E-state index is 0.0129. The molecule has 122 valence electrons. The quantitative estimate of drug-likeness (QED) is 0.568. The Morgan fingerprint density at radius 3 is 2.80 bits per heavy atom. The summed E-state index contributed by atoms with van der Waals surface area (Å²) in [5, 5.41) is 7.68. The Bertz CT molecular complexity index is 1070. The minimum Gasteiger partial charge on any atom is -0.329 e. The third-order valence-corrected chi connectivity index (χ3v) is 4.34. The molecule has 0 N–H and O–H groups in total. The van der Waals surface area contributed by atoms with E-state index < -0.39 is 0 Å². The van der Waals surface area contributed by atoms with Crippen molar-refractivity contribution in [2.45, 2.75) is 13.1 Å². The van der Waals surface area contributed by atoms with Crippen LogP contribution in [0, 0.1) is 0 Å². The smallest absolute Gasteiger partial charge is 0.271 e. The zero-order valence-corrected chi connectivity index (χ0v) is 13.1. The number of hydrogen-bond acceptors (Lipinski definition) is 5. The van der Waals surface area contributed by atoms with Crippen LogP contribution >= 0.6 is 0 Å². The summed E-state index contributed by atoms with van der Waals surface area (Å²) in [6, 6.07) is 7.73. The Morgan fingerprint density at radius 1 is 1.04 bits per heavy atom. The lowest BCUT2D eigenvalue weighted by Gasteiger charge is -2.15. The molecule has 0 spiro atoms. The molecule has 0 saturated carbocycles. The maximum absolute atomic E-state index is 12.8. The molecule has 5 heterocycles. The molecule has 0 bridgehead atoms. The summed E-state index contributed by atoms with van der Waals surface area (Å²) in [6.45, 7) is 1.10. The Hall–Kier alpha value is -3.55. The van der Waals surface area contributed by atoms with E-state index in [1.54, 1.807) is 29.5 Å². The molecule has 5 rings (SSSR count). The highest BCUT2D eigenvalue weighted by molar-refractivity contribution is 5.97. The zero-order valence-electron chi connectivity index (χ0n) is 13.1. The van der Waals surface area contributed by atoms with Crippen molar-refractivity contribution < 1.29 is 4.79 Å². The van der Waals surface area contributed by atoms with Crippen LogP contribution in [0.2, 0.25) is 0 Å². The van der Waals surface area contributed by atoms with Gasteiger partial charge in [-0.25, -0.2) is 14.6 Å². The molecular formula is C17H13N7O. The highest BCUT2D eigenvalue weighted by Gasteiger charge is 2.29. The van der Waals surface area contributed by atoms with Gasteiger partial charge in [0.2, 0.25) is 0 Å². The number of aromatic nitrogens is 6. The number of hydrogen-bond donors (Lipinski definition) is 0. The molecule has 0 radical (unpaired) electrons. The number of imidazole rings is 1. The largest absolute Gasteiger partial charge is 0.329 e. The van der Waals surface area contributed by atoms with Crippen molar-refractivity contribution in [2.75, 3.05) is 0 Å². The second-order valence-electron chi connectivity index (χ2n) is 5.90. The van der Waals surface area contributed by atoms with Crippen LogP contribution in [0.15, 0.2) is 55.2 Å². The van der Waals surface area contributed by atoms with E-state index in [1.807, 2.05) is 39.8 Å². The lowest BCUT2D eigenvalue weighted by molar-refractivity contribution is 0.0761. The Labute approximate surface area is 142 Å². The first-order valence-corrected chi connectivity index (χ1v) is 7.85. The molecule has 1 amide bonds. The summed E-state index contributed by atoms with van der Waals surface area (Å²) < 4.78 is 3.44. The van der Waals surface area contributed by atoms with Crippen molar-refractivity contribution in [3.63, 3.8) is 0 Å². The Kier molecular flexibility index (Phi) is 2.90. The van der Waals surface area contributed by atoms with Crippen molar-refractivity contribution in [1.82, 2.24) is 34.3 Å². The number of fused-ring (bicyclic) bond motifs is 3.